The Labute approximate surface area is 149 Å². The topological polar surface area (TPSA) is 65.5 Å². The Morgan fingerprint density at radius 2 is 2.28 bits per heavy atom. The summed E-state index contributed by atoms with van der Waals surface area (Å²) in [6.07, 6.45) is 9.74. The van der Waals surface area contributed by atoms with Gasteiger partial charge in [0.2, 0.25) is 5.91 Å². The van der Waals surface area contributed by atoms with Crippen LogP contribution in [0.25, 0.3) is 5.70 Å². The third-order valence-electron chi connectivity index (χ3n) is 4.35. The molecule has 1 saturated carbocycles. The number of nitrogens with one attached hydrogen (secondary N) is 3. The number of nitrogens with zero attached hydrogens (tertiary/aromatic N) is 1. The molecule has 0 saturated heterocycles. The van der Waals surface area contributed by atoms with E-state index in [2.05, 4.69) is 34.3 Å². The van der Waals surface area contributed by atoms with Crippen LogP contribution in [-0.2, 0) is 4.79 Å². The molecule has 1 heterocycles. The molecule has 1 aliphatic carbocycles. The number of hydrogen-bond donors (Lipinski definition) is 3. The number of benzene rings is 1. The molecule has 2 atom stereocenters. The van der Waals surface area contributed by atoms with E-state index < -0.39 is 0 Å². The standard InChI is InChI=1S/C20H22N4O.H2/c1-4-9-21-14(3)17-12-18(17)20(25)23-15-8-7-13(2)16(11-15)19-6-5-10-22-24-19;/h4-11,17-18,22,24H,1,3,12H2,2H3,(H,23,25);1H/t17-,18-;/m1./s1. The number of amides is 1. The number of carbonyl (C=O) groups is 1. The van der Waals surface area contributed by atoms with Crippen molar-refractivity contribution in [2.45, 2.75) is 13.3 Å². The summed E-state index contributed by atoms with van der Waals surface area (Å²) >= 11 is 0. The lowest BCUT2D eigenvalue weighted by molar-refractivity contribution is -0.117. The number of aryl methyl sites for hydroxylation is 1. The molecule has 5 nitrogen and oxygen atoms in total. The van der Waals surface area contributed by atoms with Gasteiger partial charge < -0.3 is 16.2 Å². The second-order valence-electron chi connectivity index (χ2n) is 6.18. The Hall–Kier alpha value is -3.08. The molecular weight excluding hydrogens is 312 g/mol. The van der Waals surface area contributed by atoms with Crippen LogP contribution in [0.1, 0.15) is 19.0 Å². The lowest BCUT2D eigenvalue weighted by atomic mass is 10.0. The van der Waals surface area contributed by atoms with E-state index in [0.717, 1.165) is 34.6 Å². The molecule has 0 unspecified atom stereocenters. The number of anilines is 1. The normalized spacial score (nSPS) is 21.1. The van der Waals surface area contributed by atoms with Gasteiger partial charge >= 0.3 is 0 Å². The predicted molar refractivity (Wildman–Crippen MR) is 105 cm³/mol. The Balaban J connectivity index is 0.00000243. The van der Waals surface area contributed by atoms with Gasteiger partial charge in [0.25, 0.3) is 0 Å². The zero-order valence-corrected chi connectivity index (χ0v) is 14.3. The molecule has 0 radical (unpaired) electrons. The van der Waals surface area contributed by atoms with Crippen LogP contribution in [0.5, 0.6) is 0 Å². The maximum Gasteiger partial charge on any atom is 0.228 e. The van der Waals surface area contributed by atoms with Crippen molar-refractivity contribution in [3.63, 3.8) is 0 Å². The van der Waals surface area contributed by atoms with E-state index in [4.69, 9.17) is 0 Å². The SMILES string of the molecule is C=CC=NC(=C)[C@H]1C[C@H]1C(=O)Nc1ccc(C)c(C2=CC=CNN2)c1.[HH]. The first-order valence-electron chi connectivity index (χ1n) is 8.24. The monoisotopic (exact) mass is 336 g/mol. The average Bonchev–Trinajstić information content (AvgIpc) is 3.43. The fraction of sp³-hybridized carbons (Fsp3) is 0.200. The number of hydrazine groups is 1. The Kier molecular flexibility index (Phi) is 4.84. The summed E-state index contributed by atoms with van der Waals surface area (Å²) in [5, 5.41) is 3.01. The van der Waals surface area contributed by atoms with Crippen LogP contribution in [0.4, 0.5) is 5.69 Å². The molecule has 3 rings (SSSR count). The number of aliphatic imine (C=N–C) groups is 1. The van der Waals surface area contributed by atoms with Crippen molar-refractivity contribution < 1.29 is 6.22 Å². The van der Waals surface area contributed by atoms with Crippen LogP contribution in [0.15, 0.2) is 66.5 Å². The molecule has 1 aromatic carbocycles. The number of rotatable bonds is 6. The first kappa shape index (κ1) is 16.8. The summed E-state index contributed by atoms with van der Waals surface area (Å²) in [5.74, 6) is 0.0763. The molecule has 0 aromatic heterocycles. The zero-order valence-electron chi connectivity index (χ0n) is 14.3. The highest BCUT2D eigenvalue weighted by molar-refractivity contribution is 5.95. The van der Waals surface area contributed by atoms with Crippen LogP contribution < -0.4 is 16.2 Å². The van der Waals surface area contributed by atoms with Gasteiger partial charge in [-0.25, -0.2) is 0 Å². The van der Waals surface area contributed by atoms with E-state index in [1.807, 2.05) is 43.5 Å². The number of carbonyl (C=O) groups excluding carboxylic acids is 1. The van der Waals surface area contributed by atoms with Gasteiger partial charge in [0.05, 0.1) is 5.70 Å². The highest BCUT2D eigenvalue weighted by atomic mass is 16.2. The third kappa shape index (κ3) is 3.88. The first-order chi connectivity index (χ1) is 12.1. The summed E-state index contributed by atoms with van der Waals surface area (Å²) in [6.45, 7) is 9.56. The second-order valence-corrected chi connectivity index (χ2v) is 6.18. The Bertz CT molecular complexity index is 810. The molecule has 0 spiro atoms. The van der Waals surface area contributed by atoms with E-state index >= 15 is 0 Å². The van der Waals surface area contributed by atoms with E-state index in [-0.39, 0.29) is 19.2 Å². The van der Waals surface area contributed by atoms with Crippen LogP contribution in [-0.4, -0.2) is 12.1 Å². The van der Waals surface area contributed by atoms with Gasteiger partial charge in [0.1, 0.15) is 0 Å². The lowest BCUT2D eigenvalue weighted by Crippen LogP contribution is -2.27. The van der Waals surface area contributed by atoms with Crippen molar-refractivity contribution in [3.05, 3.63) is 72.6 Å². The molecule has 5 heteroatoms. The van der Waals surface area contributed by atoms with Gasteiger partial charge in [-0.1, -0.05) is 25.3 Å². The van der Waals surface area contributed by atoms with E-state index in [1.165, 1.54) is 0 Å². The quantitative estimate of drug-likeness (QED) is 0.696. The van der Waals surface area contributed by atoms with Crippen molar-refractivity contribution in [1.29, 1.82) is 0 Å². The van der Waals surface area contributed by atoms with Crippen molar-refractivity contribution >= 4 is 23.5 Å². The average molecular weight is 336 g/mol. The summed E-state index contributed by atoms with van der Waals surface area (Å²) in [5.41, 5.74) is 10.7. The fourth-order valence-electron chi connectivity index (χ4n) is 2.83. The molecule has 1 amide bonds. The van der Waals surface area contributed by atoms with Crippen LogP contribution in [0.2, 0.25) is 0 Å². The highest BCUT2D eigenvalue weighted by Crippen LogP contribution is 2.44. The summed E-state index contributed by atoms with van der Waals surface area (Å²) < 4.78 is 0. The van der Waals surface area contributed by atoms with E-state index in [0.29, 0.717) is 0 Å². The molecule has 3 N–H and O–H groups in total. The van der Waals surface area contributed by atoms with E-state index in [1.54, 1.807) is 12.3 Å². The largest absolute Gasteiger partial charge is 0.326 e. The predicted octanol–water partition coefficient (Wildman–Crippen LogP) is 3.55. The summed E-state index contributed by atoms with van der Waals surface area (Å²) in [4.78, 5) is 16.6. The smallest absolute Gasteiger partial charge is 0.228 e. The molecule has 1 aliphatic heterocycles. The minimum absolute atomic E-state index is 0. The fourth-order valence-corrected chi connectivity index (χ4v) is 2.83. The van der Waals surface area contributed by atoms with Crippen LogP contribution in [0, 0.1) is 18.8 Å². The van der Waals surface area contributed by atoms with Gasteiger partial charge in [-0.2, -0.15) is 0 Å². The van der Waals surface area contributed by atoms with Crippen LogP contribution in [0.3, 0.4) is 0 Å². The Morgan fingerprint density at radius 3 is 3.00 bits per heavy atom. The molecule has 1 aromatic rings. The molecule has 130 valence electrons. The van der Waals surface area contributed by atoms with Gasteiger partial charge in [-0.05, 0) is 43.2 Å². The third-order valence-corrected chi connectivity index (χ3v) is 4.35. The zero-order chi connectivity index (χ0) is 17.8. The lowest BCUT2D eigenvalue weighted by Gasteiger charge is -2.17. The van der Waals surface area contributed by atoms with Crippen molar-refractivity contribution in [2.24, 2.45) is 16.8 Å². The minimum Gasteiger partial charge on any atom is -0.326 e. The first-order valence-corrected chi connectivity index (χ1v) is 8.24. The van der Waals surface area contributed by atoms with E-state index in [9.17, 15) is 4.79 Å². The number of allylic oxidation sites excluding steroid dienone is 4. The van der Waals surface area contributed by atoms with Crippen molar-refractivity contribution in [2.75, 3.05) is 5.32 Å². The van der Waals surface area contributed by atoms with Gasteiger partial charge in [0, 0.05) is 42.6 Å². The molecule has 1 fully saturated rings. The Morgan fingerprint density at radius 1 is 1.44 bits per heavy atom. The van der Waals surface area contributed by atoms with Gasteiger partial charge in [0.15, 0.2) is 0 Å². The maximum absolute atomic E-state index is 12.5. The molecule has 0 bridgehead atoms. The van der Waals surface area contributed by atoms with Gasteiger partial charge in [-0.15, -0.1) is 0 Å². The molecule has 2 aliphatic rings. The summed E-state index contributed by atoms with van der Waals surface area (Å²) in [6, 6.07) is 5.91. The van der Waals surface area contributed by atoms with Crippen molar-refractivity contribution in [1.82, 2.24) is 10.9 Å². The van der Waals surface area contributed by atoms with Crippen molar-refractivity contribution in [3.8, 4) is 0 Å². The highest BCUT2D eigenvalue weighted by Gasteiger charge is 2.44. The minimum atomic E-state index is -0.0594. The summed E-state index contributed by atoms with van der Waals surface area (Å²) in [7, 11) is 0. The van der Waals surface area contributed by atoms with Gasteiger partial charge in [-0.3, -0.25) is 9.79 Å². The number of hydrogen-bond acceptors (Lipinski definition) is 4. The second kappa shape index (κ2) is 7.21. The molecule has 25 heavy (non-hydrogen) atoms. The molecular formula is C20H24N4O. The van der Waals surface area contributed by atoms with Crippen LogP contribution >= 0.6 is 0 Å². The maximum atomic E-state index is 12.5.